The largest absolute Gasteiger partial charge is 0.321 e. The standard InChI is InChI=1S/C58H54N4/c1-40-31-32-59-55(33-40)62-51-26-15-14-25-49(51)50-30-29-44(38-54(50)62)58(6,7)43-23-18-24-47(35-43)60-39-61(53-28-17-16-27-52(53)60)48-36-45(56(2,3)41-19-10-8-11-20-41)34-46(37-48)57(4,5)42-21-12-9-13-22-42/h8-38H,39H2,1-7H3/i1D3. The van der Waals surface area contributed by atoms with Gasteiger partial charge in [-0.3, -0.25) is 4.57 Å². The molecule has 10 rings (SSSR count). The van der Waals surface area contributed by atoms with Gasteiger partial charge in [-0.2, -0.15) is 0 Å². The molecule has 0 amide bonds. The molecule has 0 radical (unpaired) electrons. The van der Waals surface area contributed by atoms with Crippen molar-refractivity contribution in [2.75, 3.05) is 16.5 Å². The van der Waals surface area contributed by atoms with Gasteiger partial charge in [0.25, 0.3) is 0 Å². The molecule has 0 atom stereocenters. The normalized spacial score (nSPS) is 14.2. The van der Waals surface area contributed by atoms with Gasteiger partial charge in [-0.1, -0.05) is 163 Å². The molecular formula is C58H54N4. The Morgan fingerprint density at radius 2 is 0.968 bits per heavy atom. The first-order valence-electron chi connectivity index (χ1n) is 23.1. The van der Waals surface area contributed by atoms with Crippen molar-refractivity contribution in [3.05, 3.63) is 227 Å². The maximum Gasteiger partial charge on any atom is 0.137 e. The molecule has 0 unspecified atom stereocenters. The number of benzene rings is 7. The Bertz CT molecular complexity index is 3150. The van der Waals surface area contributed by atoms with Gasteiger partial charge in [-0.25, -0.2) is 4.98 Å². The van der Waals surface area contributed by atoms with Crippen LogP contribution in [0.2, 0.25) is 0 Å². The number of hydrogen-bond acceptors (Lipinski definition) is 3. The Hall–Kier alpha value is -6.91. The van der Waals surface area contributed by atoms with Crippen molar-refractivity contribution in [1.82, 2.24) is 9.55 Å². The Morgan fingerprint density at radius 3 is 1.63 bits per heavy atom. The van der Waals surface area contributed by atoms with Crippen LogP contribution >= 0.6 is 0 Å². The van der Waals surface area contributed by atoms with E-state index in [1.165, 1.54) is 39.2 Å². The van der Waals surface area contributed by atoms with E-state index in [0.717, 1.165) is 38.7 Å². The van der Waals surface area contributed by atoms with E-state index >= 15 is 0 Å². The molecule has 0 bridgehead atoms. The van der Waals surface area contributed by atoms with E-state index in [4.69, 9.17) is 9.10 Å². The first kappa shape index (κ1) is 35.8. The lowest BCUT2D eigenvalue weighted by Crippen LogP contribution is -2.27. The summed E-state index contributed by atoms with van der Waals surface area (Å²) in [7, 11) is 0. The summed E-state index contributed by atoms with van der Waals surface area (Å²) in [6.45, 7) is 12.3. The Labute approximate surface area is 371 Å². The molecule has 0 aliphatic carbocycles. The van der Waals surface area contributed by atoms with Crippen LogP contribution in [0.25, 0.3) is 27.6 Å². The average Bonchev–Trinajstić information content (AvgIpc) is 3.88. The molecule has 306 valence electrons. The van der Waals surface area contributed by atoms with E-state index in [1.807, 2.05) is 12.1 Å². The number of rotatable bonds is 9. The van der Waals surface area contributed by atoms with E-state index in [9.17, 15) is 0 Å². The van der Waals surface area contributed by atoms with Crippen LogP contribution < -0.4 is 9.80 Å². The second-order valence-electron chi connectivity index (χ2n) is 18.4. The highest BCUT2D eigenvalue weighted by atomic mass is 15.4. The van der Waals surface area contributed by atoms with Crippen molar-refractivity contribution < 1.29 is 4.11 Å². The maximum atomic E-state index is 8.12. The molecule has 0 N–H and O–H groups in total. The lowest BCUT2D eigenvalue weighted by atomic mass is 9.73. The average molecular weight is 810 g/mol. The Balaban J connectivity index is 1.05. The van der Waals surface area contributed by atoms with Gasteiger partial charge in [-0.05, 0) is 106 Å². The quantitative estimate of drug-likeness (QED) is 0.145. The summed E-state index contributed by atoms with van der Waals surface area (Å²) in [5.74, 6) is 0.587. The van der Waals surface area contributed by atoms with Crippen LogP contribution in [0.4, 0.5) is 22.7 Å². The van der Waals surface area contributed by atoms with Gasteiger partial charge in [0, 0.05) is 48.7 Å². The molecule has 0 fully saturated rings. The molecule has 1 aliphatic rings. The second-order valence-corrected chi connectivity index (χ2v) is 18.4. The van der Waals surface area contributed by atoms with Gasteiger partial charge >= 0.3 is 0 Å². The third-order valence-corrected chi connectivity index (χ3v) is 13.7. The lowest BCUT2D eigenvalue weighted by Gasteiger charge is -2.33. The van der Waals surface area contributed by atoms with Crippen molar-refractivity contribution in [3.63, 3.8) is 0 Å². The van der Waals surface area contributed by atoms with Crippen molar-refractivity contribution in [2.24, 2.45) is 0 Å². The van der Waals surface area contributed by atoms with E-state index in [1.54, 1.807) is 18.3 Å². The van der Waals surface area contributed by atoms with Crippen LogP contribution in [0.15, 0.2) is 188 Å². The van der Waals surface area contributed by atoms with E-state index in [2.05, 4.69) is 214 Å². The summed E-state index contributed by atoms with van der Waals surface area (Å²) in [5, 5.41) is 2.19. The predicted molar refractivity (Wildman–Crippen MR) is 261 cm³/mol. The monoisotopic (exact) mass is 809 g/mol. The van der Waals surface area contributed by atoms with Crippen molar-refractivity contribution >= 4 is 44.6 Å². The van der Waals surface area contributed by atoms with Gasteiger partial charge < -0.3 is 9.80 Å². The van der Waals surface area contributed by atoms with Gasteiger partial charge in [0.05, 0.1) is 22.4 Å². The minimum atomic E-state index is -2.24. The molecule has 4 heteroatoms. The van der Waals surface area contributed by atoms with Crippen LogP contribution in [0.1, 0.15) is 84.6 Å². The molecule has 0 spiro atoms. The predicted octanol–water partition coefficient (Wildman–Crippen LogP) is 14.7. The Morgan fingerprint density at radius 1 is 0.435 bits per heavy atom. The van der Waals surface area contributed by atoms with E-state index < -0.39 is 12.3 Å². The highest BCUT2D eigenvalue weighted by Gasteiger charge is 2.34. The van der Waals surface area contributed by atoms with Crippen molar-refractivity contribution in [3.8, 4) is 5.82 Å². The number of para-hydroxylation sites is 3. The van der Waals surface area contributed by atoms with Crippen LogP contribution in [-0.4, -0.2) is 16.2 Å². The van der Waals surface area contributed by atoms with Gasteiger partial charge in [0.15, 0.2) is 0 Å². The molecule has 0 saturated heterocycles. The third kappa shape index (κ3) is 6.57. The van der Waals surface area contributed by atoms with Crippen LogP contribution in [0.5, 0.6) is 0 Å². The third-order valence-electron chi connectivity index (χ3n) is 13.7. The number of fused-ring (bicyclic) bond motifs is 4. The topological polar surface area (TPSA) is 24.3 Å². The highest BCUT2D eigenvalue weighted by molar-refractivity contribution is 6.09. The number of hydrogen-bond donors (Lipinski definition) is 0. The molecule has 4 nitrogen and oxygen atoms in total. The summed E-state index contributed by atoms with van der Waals surface area (Å²) in [6.07, 6.45) is 1.60. The number of pyridine rings is 1. The zero-order valence-electron chi connectivity index (χ0n) is 39.4. The van der Waals surface area contributed by atoms with E-state index in [0.29, 0.717) is 12.5 Å². The number of aromatic nitrogens is 2. The molecule has 1 aliphatic heterocycles. The molecule has 9 aromatic rings. The Kier molecular flexibility index (Phi) is 8.62. The first-order chi connectivity index (χ1) is 31.1. The van der Waals surface area contributed by atoms with Gasteiger partial charge in [-0.15, -0.1) is 0 Å². The van der Waals surface area contributed by atoms with Gasteiger partial charge in [0.2, 0.25) is 0 Å². The summed E-state index contributed by atoms with van der Waals surface area (Å²) in [6, 6.07) is 65.0. The molecule has 2 aromatic heterocycles. The lowest BCUT2D eigenvalue weighted by molar-refractivity contribution is 0.617. The van der Waals surface area contributed by atoms with Gasteiger partial charge in [0.1, 0.15) is 12.5 Å². The molecule has 62 heavy (non-hydrogen) atoms. The summed E-state index contributed by atoms with van der Waals surface area (Å²) < 4.78 is 26.5. The van der Waals surface area contributed by atoms with Crippen molar-refractivity contribution in [1.29, 1.82) is 0 Å². The minimum absolute atomic E-state index is 0.243. The minimum Gasteiger partial charge on any atom is -0.321 e. The molecule has 0 saturated carbocycles. The molecule has 3 heterocycles. The van der Waals surface area contributed by atoms with Crippen LogP contribution in [0, 0.1) is 6.85 Å². The maximum absolute atomic E-state index is 8.12. The van der Waals surface area contributed by atoms with Crippen LogP contribution in [-0.2, 0) is 16.2 Å². The van der Waals surface area contributed by atoms with E-state index in [-0.39, 0.29) is 16.4 Å². The zero-order chi connectivity index (χ0) is 45.3. The number of aryl methyl sites for hydroxylation is 1. The van der Waals surface area contributed by atoms with Crippen molar-refractivity contribution in [2.45, 2.75) is 64.6 Å². The fourth-order valence-electron chi connectivity index (χ4n) is 9.56. The van der Waals surface area contributed by atoms with Crippen LogP contribution in [0.3, 0.4) is 0 Å². The fourth-order valence-corrected chi connectivity index (χ4v) is 9.56. The molecule has 7 aromatic carbocycles. The summed E-state index contributed by atoms with van der Waals surface area (Å²) in [4.78, 5) is 9.63. The number of nitrogens with zero attached hydrogens (tertiary/aromatic N) is 4. The molecular weight excluding hydrogens is 753 g/mol. The highest BCUT2D eigenvalue weighted by Crippen LogP contribution is 2.48. The first-order valence-corrected chi connectivity index (χ1v) is 21.6. The summed E-state index contributed by atoms with van der Waals surface area (Å²) >= 11 is 0. The smallest absolute Gasteiger partial charge is 0.137 e. The second kappa shape index (κ2) is 14.9. The SMILES string of the molecule is [2H]C([2H])([2H])c1ccnc(-n2c3ccccc3c3ccc(C(C)(C)c4cccc(N5CN(c6cc(C(C)(C)c7ccccc7)cc(C(C)(C)c7ccccc7)c6)c6ccccc65)c4)cc32)c1. The number of anilines is 4. The summed E-state index contributed by atoms with van der Waals surface area (Å²) in [5.41, 5.74) is 13.4. The zero-order valence-corrected chi connectivity index (χ0v) is 36.4. The fraction of sp³-hybridized carbons (Fsp3) is 0.190.